The Balaban J connectivity index is 1.34. The first-order valence-electron chi connectivity index (χ1n) is 10.6. The van der Waals surface area contributed by atoms with Crippen LogP contribution in [0.4, 0.5) is 10.5 Å². The van der Waals surface area contributed by atoms with Crippen LogP contribution in [0.15, 0.2) is 59.2 Å². The predicted molar refractivity (Wildman–Crippen MR) is 119 cm³/mol. The van der Waals surface area contributed by atoms with Gasteiger partial charge in [-0.2, -0.15) is 0 Å². The largest absolute Gasteiger partial charge is 0.444 e. The molecule has 0 aliphatic carbocycles. The minimum Gasteiger partial charge on any atom is -0.444 e. The lowest BCUT2D eigenvalue weighted by atomic mass is 10.1. The van der Waals surface area contributed by atoms with Gasteiger partial charge in [0.2, 0.25) is 5.89 Å². The number of amides is 3. The summed E-state index contributed by atoms with van der Waals surface area (Å²) in [6.07, 6.45) is 4.19. The van der Waals surface area contributed by atoms with Crippen molar-refractivity contribution in [2.45, 2.75) is 26.2 Å². The number of nitrogens with zero attached hydrogens (tertiary/aromatic N) is 2. The molecule has 0 radical (unpaired) electrons. The van der Waals surface area contributed by atoms with E-state index in [-0.39, 0.29) is 11.9 Å². The van der Waals surface area contributed by atoms with Crippen molar-refractivity contribution >= 4 is 17.6 Å². The van der Waals surface area contributed by atoms with Gasteiger partial charge in [0, 0.05) is 31.6 Å². The number of nitrogens with one attached hydrogen (secondary N) is 2. The lowest BCUT2D eigenvalue weighted by molar-refractivity contribution is 0.0793. The van der Waals surface area contributed by atoms with E-state index in [0.717, 1.165) is 42.8 Å². The lowest BCUT2D eigenvalue weighted by Crippen LogP contribution is -2.33. The second-order valence-corrected chi connectivity index (χ2v) is 7.64. The quantitative estimate of drug-likeness (QED) is 0.626. The maximum absolute atomic E-state index is 12.9. The van der Waals surface area contributed by atoms with E-state index in [1.165, 1.54) is 0 Å². The van der Waals surface area contributed by atoms with Crippen molar-refractivity contribution < 1.29 is 14.0 Å². The molecule has 31 heavy (non-hydrogen) atoms. The number of aryl methyl sites for hydroxylation is 1. The van der Waals surface area contributed by atoms with E-state index in [9.17, 15) is 9.59 Å². The zero-order chi connectivity index (χ0) is 21.6. The molecule has 0 unspecified atom stereocenters. The molecule has 0 bridgehead atoms. The molecule has 7 nitrogen and oxygen atoms in total. The van der Waals surface area contributed by atoms with E-state index < -0.39 is 0 Å². The van der Waals surface area contributed by atoms with Crippen LogP contribution in [0, 0.1) is 6.92 Å². The van der Waals surface area contributed by atoms with E-state index >= 15 is 0 Å². The number of oxazole rings is 1. The monoisotopic (exact) mass is 418 g/mol. The number of rotatable bonds is 6. The van der Waals surface area contributed by atoms with E-state index in [0.29, 0.717) is 30.1 Å². The molecule has 0 spiro atoms. The Morgan fingerprint density at radius 1 is 1.06 bits per heavy atom. The van der Waals surface area contributed by atoms with Gasteiger partial charge < -0.3 is 20.0 Å². The van der Waals surface area contributed by atoms with Crippen molar-refractivity contribution in [2.24, 2.45) is 0 Å². The molecule has 7 heteroatoms. The van der Waals surface area contributed by atoms with Crippen LogP contribution in [0.3, 0.4) is 0 Å². The lowest BCUT2D eigenvalue weighted by Gasteiger charge is -2.19. The Morgan fingerprint density at radius 3 is 2.61 bits per heavy atom. The van der Waals surface area contributed by atoms with Gasteiger partial charge in [0.25, 0.3) is 5.91 Å². The highest BCUT2D eigenvalue weighted by molar-refractivity contribution is 6.04. The summed E-state index contributed by atoms with van der Waals surface area (Å²) in [6, 6.07) is 14.8. The molecule has 1 aliphatic rings. The Bertz CT molecular complexity index is 1060. The summed E-state index contributed by atoms with van der Waals surface area (Å²) in [4.78, 5) is 31.7. The Morgan fingerprint density at radius 2 is 1.84 bits per heavy atom. The molecule has 1 fully saturated rings. The standard InChI is InChI=1S/C24H26N4O3/c1-17-8-7-11-20(21(17)23(29)28-14-5-6-15-28)27-24(30)25-13-12-19-16-31-22(26-19)18-9-3-2-4-10-18/h2-4,7-11,16H,5-6,12-15H2,1H3,(H2,25,27,30). The fourth-order valence-corrected chi connectivity index (χ4v) is 3.74. The number of urea groups is 1. The Labute approximate surface area is 181 Å². The highest BCUT2D eigenvalue weighted by atomic mass is 16.3. The van der Waals surface area contributed by atoms with Crippen molar-refractivity contribution in [2.75, 3.05) is 25.0 Å². The summed E-state index contributed by atoms with van der Waals surface area (Å²) in [7, 11) is 0. The molecule has 1 aliphatic heterocycles. The molecule has 3 amide bonds. The zero-order valence-corrected chi connectivity index (χ0v) is 17.6. The maximum Gasteiger partial charge on any atom is 0.319 e. The van der Waals surface area contributed by atoms with Crippen molar-refractivity contribution in [1.29, 1.82) is 0 Å². The summed E-state index contributed by atoms with van der Waals surface area (Å²) in [5.74, 6) is 0.534. The van der Waals surface area contributed by atoms with Gasteiger partial charge in [-0.3, -0.25) is 4.79 Å². The second kappa shape index (κ2) is 9.47. The molecule has 4 rings (SSSR count). The van der Waals surface area contributed by atoms with E-state index in [1.54, 1.807) is 12.3 Å². The summed E-state index contributed by atoms with van der Waals surface area (Å²) in [6.45, 7) is 3.82. The van der Waals surface area contributed by atoms with Gasteiger partial charge in [0.05, 0.1) is 16.9 Å². The average molecular weight is 418 g/mol. The molecule has 0 saturated carbocycles. The van der Waals surface area contributed by atoms with E-state index in [2.05, 4.69) is 15.6 Å². The fourth-order valence-electron chi connectivity index (χ4n) is 3.74. The Hall–Kier alpha value is -3.61. The predicted octanol–water partition coefficient (Wildman–Crippen LogP) is 4.25. The van der Waals surface area contributed by atoms with Gasteiger partial charge in [-0.15, -0.1) is 0 Å². The molecule has 1 saturated heterocycles. The van der Waals surface area contributed by atoms with Gasteiger partial charge in [0.15, 0.2) is 0 Å². The highest BCUT2D eigenvalue weighted by Crippen LogP contribution is 2.23. The maximum atomic E-state index is 12.9. The van der Waals surface area contributed by atoms with Crippen molar-refractivity contribution in [3.63, 3.8) is 0 Å². The van der Waals surface area contributed by atoms with Crippen LogP contribution >= 0.6 is 0 Å². The van der Waals surface area contributed by atoms with Gasteiger partial charge >= 0.3 is 6.03 Å². The molecule has 0 atom stereocenters. The summed E-state index contributed by atoms with van der Waals surface area (Å²) in [5, 5.41) is 5.66. The summed E-state index contributed by atoms with van der Waals surface area (Å²) >= 11 is 0. The van der Waals surface area contributed by atoms with Crippen LogP contribution in [0.5, 0.6) is 0 Å². The minimum absolute atomic E-state index is 0.0260. The first-order chi connectivity index (χ1) is 15.1. The van der Waals surface area contributed by atoms with Gasteiger partial charge in [-0.05, 0) is 43.5 Å². The van der Waals surface area contributed by atoms with Gasteiger partial charge in [0.1, 0.15) is 6.26 Å². The van der Waals surface area contributed by atoms with Crippen LogP contribution in [0.2, 0.25) is 0 Å². The van der Waals surface area contributed by atoms with E-state index in [1.807, 2.05) is 54.3 Å². The summed E-state index contributed by atoms with van der Waals surface area (Å²) < 4.78 is 5.53. The number of hydrogen-bond donors (Lipinski definition) is 2. The number of likely N-dealkylation sites (tertiary alicyclic amines) is 1. The second-order valence-electron chi connectivity index (χ2n) is 7.64. The molecule has 2 aromatic carbocycles. The Kier molecular flexibility index (Phi) is 6.31. The number of carbonyl (C=O) groups is 2. The SMILES string of the molecule is Cc1cccc(NC(=O)NCCc2coc(-c3ccccc3)n2)c1C(=O)N1CCCC1. The number of aromatic nitrogens is 1. The van der Waals surface area contributed by atoms with Gasteiger partial charge in [-0.1, -0.05) is 30.3 Å². The van der Waals surface area contributed by atoms with Crippen LogP contribution < -0.4 is 10.6 Å². The third kappa shape index (κ3) is 4.94. The smallest absolute Gasteiger partial charge is 0.319 e. The first kappa shape index (κ1) is 20.7. The summed E-state index contributed by atoms with van der Waals surface area (Å²) in [5.41, 5.74) is 3.62. The highest BCUT2D eigenvalue weighted by Gasteiger charge is 2.24. The van der Waals surface area contributed by atoms with Crippen LogP contribution in [-0.2, 0) is 6.42 Å². The van der Waals surface area contributed by atoms with E-state index in [4.69, 9.17) is 4.42 Å². The van der Waals surface area contributed by atoms with Crippen LogP contribution in [0.25, 0.3) is 11.5 Å². The zero-order valence-electron chi connectivity index (χ0n) is 17.6. The van der Waals surface area contributed by atoms with Crippen molar-refractivity contribution in [3.05, 3.63) is 71.6 Å². The number of benzene rings is 2. The molecule has 2 N–H and O–H groups in total. The number of anilines is 1. The molecule has 160 valence electrons. The molecule has 3 aromatic rings. The third-order valence-electron chi connectivity index (χ3n) is 5.37. The molecular weight excluding hydrogens is 392 g/mol. The van der Waals surface area contributed by atoms with Crippen molar-refractivity contribution in [1.82, 2.24) is 15.2 Å². The fraction of sp³-hybridized carbons (Fsp3) is 0.292. The molecule has 1 aromatic heterocycles. The minimum atomic E-state index is -0.354. The third-order valence-corrected chi connectivity index (χ3v) is 5.37. The molecular formula is C24H26N4O3. The van der Waals surface area contributed by atoms with Crippen LogP contribution in [-0.4, -0.2) is 41.5 Å². The first-order valence-corrected chi connectivity index (χ1v) is 10.6. The average Bonchev–Trinajstić information content (AvgIpc) is 3.47. The number of carbonyl (C=O) groups excluding carboxylic acids is 2. The molecule has 2 heterocycles. The van der Waals surface area contributed by atoms with Crippen LogP contribution in [0.1, 0.15) is 34.5 Å². The van der Waals surface area contributed by atoms with Gasteiger partial charge in [-0.25, -0.2) is 9.78 Å². The topological polar surface area (TPSA) is 87.5 Å². The normalized spacial score (nSPS) is 13.3. The van der Waals surface area contributed by atoms with Crippen molar-refractivity contribution in [3.8, 4) is 11.5 Å². The number of hydrogen-bond acceptors (Lipinski definition) is 4.